The highest BCUT2D eigenvalue weighted by Gasteiger charge is 2.13. The number of nitrogens with zero attached hydrogens (tertiary/aromatic N) is 1. The molecule has 1 atom stereocenters. The van der Waals surface area contributed by atoms with Gasteiger partial charge in [-0.25, -0.2) is 4.98 Å². The van der Waals surface area contributed by atoms with Crippen LogP contribution in [0.2, 0.25) is 0 Å². The molecular formula is C14H17BrN2O2. The van der Waals surface area contributed by atoms with Gasteiger partial charge in [0.15, 0.2) is 5.76 Å². The minimum absolute atomic E-state index is 0.112. The Hall–Kier alpha value is -1.33. The van der Waals surface area contributed by atoms with Gasteiger partial charge in [0.25, 0.3) is 0 Å². The van der Waals surface area contributed by atoms with Crippen molar-refractivity contribution in [3.8, 4) is 17.1 Å². The van der Waals surface area contributed by atoms with Crippen LogP contribution in [0.4, 0.5) is 0 Å². The number of methoxy groups -OCH3 is 1. The number of nitrogens with one attached hydrogen (secondary N) is 1. The Morgan fingerprint density at radius 3 is 2.89 bits per heavy atom. The molecule has 2 rings (SSSR count). The van der Waals surface area contributed by atoms with E-state index in [0.717, 1.165) is 28.1 Å². The molecule has 4 nitrogen and oxygen atoms in total. The molecule has 0 aliphatic heterocycles. The highest BCUT2D eigenvalue weighted by atomic mass is 79.9. The average Bonchev–Trinajstić information content (AvgIpc) is 2.88. The van der Waals surface area contributed by atoms with E-state index in [4.69, 9.17) is 9.15 Å². The van der Waals surface area contributed by atoms with Gasteiger partial charge in [0, 0.05) is 5.56 Å². The summed E-state index contributed by atoms with van der Waals surface area (Å²) in [7, 11) is 1.64. The van der Waals surface area contributed by atoms with E-state index >= 15 is 0 Å². The first kappa shape index (κ1) is 14.1. The monoisotopic (exact) mass is 324 g/mol. The van der Waals surface area contributed by atoms with Crippen molar-refractivity contribution < 1.29 is 9.15 Å². The van der Waals surface area contributed by atoms with Crippen LogP contribution in [0.15, 0.2) is 33.3 Å². The van der Waals surface area contributed by atoms with Gasteiger partial charge < -0.3 is 14.5 Å². The highest BCUT2D eigenvalue weighted by Crippen LogP contribution is 2.31. The van der Waals surface area contributed by atoms with Gasteiger partial charge in [0.05, 0.1) is 23.8 Å². The third-order valence-corrected chi connectivity index (χ3v) is 3.46. The van der Waals surface area contributed by atoms with Gasteiger partial charge >= 0.3 is 0 Å². The zero-order valence-corrected chi connectivity index (χ0v) is 12.8. The van der Waals surface area contributed by atoms with Gasteiger partial charge in [-0.3, -0.25) is 0 Å². The maximum Gasteiger partial charge on any atom is 0.211 e. The molecule has 0 bridgehead atoms. The van der Waals surface area contributed by atoms with Crippen molar-refractivity contribution >= 4 is 15.9 Å². The number of halogens is 1. The lowest BCUT2D eigenvalue weighted by Crippen LogP contribution is -2.17. The van der Waals surface area contributed by atoms with Gasteiger partial charge in [0.1, 0.15) is 5.75 Å². The van der Waals surface area contributed by atoms with Crippen LogP contribution in [-0.2, 0) is 0 Å². The van der Waals surface area contributed by atoms with Crippen LogP contribution in [0.25, 0.3) is 11.3 Å². The zero-order chi connectivity index (χ0) is 13.8. The van der Waals surface area contributed by atoms with E-state index in [1.807, 2.05) is 25.1 Å². The van der Waals surface area contributed by atoms with E-state index in [9.17, 15) is 0 Å². The van der Waals surface area contributed by atoms with Crippen LogP contribution in [-0.4, -0.2) is 18.6 Å². The summed E-state index contributed by atoms with van der Waals surface area (Å²) in [5, 5.41) is 3.27. The zero-order valence-electron chi connectivity index (χ0n) is 11.2. The van der Waals surface area contributed by atoms with Gasteiger partial charge in [-0.05, 0) is 47.6 Å². The van der Waals surface area contributed by atoms with E-state index < -0.39 is 0 Å². The molecule has 5 heteroatoms. The second-order valence-electron chi connectivity index (χ2n) is 4.19. The third kappa shape index (κ3) is 3.16. The molecule has 0 spiro atoms. The Labute approximate surface area is 121 Å². The van der Waals surface area contributed by atoms with Crippen LogP contribution in [0.5, 0.6) is 5.75 Å². The maximum atomic E-state index is 5.78. The normalized spacial score (nSPS) is 12.4. The summed E-state index contributed by atoms with van der Waals surface area (Å²) in [6, 6.07) is 5.92. The van der Waals surface area contributed by atoms with Gasteiger partial charge in [-0.2, -0.15) is 0 Å². The van der Waals surface area contributed by atoms with Crippen molar-refractivity contribution in [1.82, 2.24) is 10.3 Å². The van der Waals surface area contributed by atoms with Gasteiger partial charge in [-0.15, -0.1) is 0 Å². The van der Waals surface area contributed by atoms with E-state index in [-0.39, 0.29) is 6.04 Å². The van der Waals surface area contributed by atoms with Crippen molar-refractivity contribution in [3.05, 3.63) is 34.8 Å². The first-order valence-corrected chi connectivity index (χ1v) is 6.98. The standard InChI is InChI=1S/C14H17BrN2O2/c1-4-16-9(2)14-17-8-13(19-14)10-5-6-12(18-3)11(15)7-10/h5-9,16H,4H2,1-3H3. The molecule has 0 aliphatic rings. The number of hydrogen-bond acceptors (Lipinski definition) is 4. The molecule has 0 radical (unpaired) electrons. The van der Waals surface area contributed by atoms with Crippen LogP contribution < -0.4 is 10.1 Å². The summed E-state index contributed by atoms with van der Waals surface area (Å²) in [5.74, 6) is 2.25. The fourth-order valence-corrected chi connectivity index (χ4v) is 2.38. The maximum absolute atomic E-state index is 5.78. The Bertz CT molecular complexity index is 554. The molecule has 102 valence electrons. The summed E-state index contributed by atoms with van der Waals surface area (Å²) < 4.78 is 11.9. The summed E-state index contributed by atoms with van der Waals surface area (Å²) in [5.41, 5.74) is 0.968. The van der Waals surface area contributed by atoms with Crippen molar-refractivity contribution in [2.75, 3.05) is 13.7 Å². The van der Waals surface area contributed by atoms with E-state index in [2.05, 4.69) is 33.2 Å². The summed E-state index contributed by atoms with van der Waals surface area (Å²) >= 11 is 3.47. The van der Waals surface area contributed by atoms with Crippen LogP contribution in [0.1, 0.15) is 25.8 Å². The van der Waals surface area contributed by atoms with Crippen LogP contribution in [0.3, 0.4) is 0 Å². The van der Waals surface area contributed by atoms with Crippen molar-refractivity contribution in [2.45, 2.75) is 19.9 Å². The molecule has 19 heavy (non-hydrogen) atoms. The van der Waals surface area contributed by atoms with E-state index in [1.54, 1.807) is 13.3 Å². The Kier molecular flexibility index (Phi) is 4.61. The second kappa shape index (κ2) is 6.21. The molecule has 1 unspecified atom stereocenters. The molecule has 1 N–H and O–H groups in total. The predicted octanol–water partition coefficient (Wildman–Crippen LogP) is 3.78. The fraction of sp³-hybridized carbons (Fsp3) is 0.357. The van der Waals surface area contributed by atoms with E-state index in [1.165, 1.54) is 0 Å². The SMILES string of the molecule is CCNC(C)c1ncc(-c2ccc(OC)c(Br)c2)o1. The molecule has 2 aromatic rings. The fourth-order valence-electron chi connectivity index (χ4n) is 1.83. The Morgan fingerprint density at radius 2 is 2.26 bits per heavy atom. The smallest absolute Gasteiger partial charge is 0.211 e. The second-order valence-corrected chi connectivity index (χ2v) is 5.05. The lowest BCUT2D eigenvalue weighted by atomic mass is 10.2. The molecule has 0 saturated heterocycles. The number of benzene rings is 1. The van der Waals surface area contributed by atoms with E-state index in [0.29, 0.717) is 5.89 Å². The summed E-state index contributed by atoms with van der Waals surface area (Å²) in [6.07, 6.45) is 1.75. The van der Waals surface area contributed by atoms with Crippen molar-refractivity contribution in [1.29, 1.82) is 0 Å². The summed E-state index contributed by atoms with van der Waals surface area (Å²) in [6.45, 7) is 4.97. The molecular weight excluding hydrogens is 308 g/mol. The van der Waals surface area contributed by atoms with Crippen LogP contribution >= 0.6 is 15.9 Å². The first-order valence-electron chi connectivity index (χ1n) is 6.18. The predicted molar refractivity (Wildman–Crippen MR) is 78.3 cm³/mol. The number of rotatable bonds is 5. The summed E-state index contributed by atoms with van der Waals surface area (Å²) in [4.78, 5) is 4.31. The van der Waals surface area contributed by atoms with Gasteiger partial charge in [-0.1, -0.05) is 6.92 Å². The van der Waals surface area contributed by atoms with Crippen LogP contribution in [0, 0.1) is 0 Å². The van der Waals surface area contributed by atoms with Crippen molar-refractivity contribution in [3.63, 3.8) is 0 Å². The quantitative estimate of drug-likeness (QED) is 0.909. The van der Waals surface area contributed by atoms with Crippen molar-refractivity contribution in [2.24, 2.45) is 0 Å². The largest absolute Gasteiger partial charge is 0.496 e. The first-order chi connectivity index (χ1) is 9.15. The number of ether oxygens (including phenoxy) is 1. The molecule has 0 saturated carbocycles. The minimum Gasteiger partial charge on any atom is -0.496 e. The molecule has 0 aliphatic carbocycles. The lowest BCUT2D eigenvalue weighted by Gasteiger charge is -2.07. The average molecular weight is 325 g/mol. The Balaban J connectivity index is 2.25. The minimum atomic E-state index is 0.112. The number of aromatic nitrogens is 1. The lowest BCUT2D eigenvalue weighted by molar-refractivity contribution is 0.412. The molecule has 1 aromatic carbocycles. The molecule has 1 heterocycles. The molecule has 0 fully saturated rings. The molecule has 0 amide bonds. The highest BCUT2D eigenvalue weighted by molar-refractivity contribution is 9.10. The Morgan fingerprint density at radius 1 is 1.47 bits per heavy atom. The molecule has 1 aromatic heterocycles. The third-order valence-electron chi connectivity index (χ3n) is 2.84. The number of hydrogen-bond donors (Lipinski definition) is 1. The van der Waals surface area contributed by atoms with Gasteiger partial charge in [0.2, 0.25) is 5.89 Å². The number of oxazole rings is 1. The topological polar surface area (TPSA) is 47.3 Å².